The Morgan fingerprint density at radius 3 is 1.90 bits per heavy atom. The quantitative estimate of drug-likeness (QED) is 0.294. The summed E-state index contributed by atoms with van der Waals surface area (Å²) in [6, 6.07) is 0. The summed E-state index contributed by atoms with van der Waals surface area (Å²) in [7, 11) is 1.46. The second-order valence-electron chi connectivity index (χ2n) is 6.19. The van der Waals surface area contributed by atoms with Crippen molar-refractivity contribution in [1.29, 1.82) is 0 Å². The number of unbranched alkanes of at least 4 members (excludes halogenated alkanes) is 8. The Morgan fingerprint density at radius 2 is 1.35 bits per heavy atom. The second-order valence-corrected chi connectivity index (χ2v) is 6.19. The third-order valence-corrected chi connectivity index (χ3v) is 4.11. The maximum absolute atomic E-state index is 10.9. The third-order valence-electron chi connectivity index (χ3n) is 4.11. The smallest absolute Gasteiger partial charge is 0.305 e. The first-order valence-corrected chi connectivity index (χ1v) is 8.77. The lowest BCUT2D eigenvalue weighted by molar-refractivity contribution is -0.140. The van der Waals surface area contributed by atoms with Crippen molar-refractivity contribution in [2.45, 2.75) is 97.3 Å². The van der Waals surface area contributed by atoms with Crippen molar-refractivity contribution in [1.82, 2.24) is 0 Å². The van der Waals surface area contributed by atoms with E-state index in [1.807, 2.05) is 0 Å². The van der Waals surface area contributed by atoms with Crippen LogP contribution in [0.3, 0.4) is 0 Å². The summed E-state index contributed by atoms with van der Waals surface area (Å²) < 4.78 is 4.63. The summed E-state index contributed by atoms with van der Waals surface area (Å²) in [5.41, 5.74) is 0. The zero-order valence-electron chi connectivity index (χ0n) is 14.1. The van der Waals surface area contributed by atoms with Gasteiger partial charge in [0.15, 0.2) is 0 Å². The Hall–Kier alpha value is -0.530. The molecule has 0 heterocycles. The predicted molar refractivity (Wildman–Crippen MR) is 86.9 cm³/mol. The molecule has 0 unspecified atom stereocenters. The van der Waals surface area contributed by atoms with Crippen molar-refractivity contribution in [2.24, 2.45) is 5.92 Å². The summed E-state index contributed by atoms with van der Waals surface area (Å²) in [6.45, 7) is 4.68. The Morgan fingerprint density at radius 1 is 0.850 bits per heavy atom. The fourth-order valence-corrected chi connectivity index (χ4v) is 2.64. The molecule has 0 aliphatic heterocycles. The average Bonchev–Trinajstić information content (AvgIpc) is 2.46. The van der Waals surface area contributed by atoms with Crippen molar-refractivity contribution in [3.05, 3.63) is 0 Å². The number of hydrogen-bond acceptors (Lipinski definition) is 2. The Bertz CT molecular complexity index is 213. The molecule has 0 amide bonds. The van der Waals surface area contributed by atoms with Gasteiger partial charge in [0.2, 0.25) is 0 Å². The van der Waals surface area contributed by atoms with E-state index in [1.165, 1.54) is 77.7 Å². The number of methoxy groups -OCH3 is 1. The van der Waals surface area contributed by atoms with Gasteiger partial charge in [-0.25, -0.2) is 0 Å². The molecule has 0 fully saturated rings. The first-order valence-electron chi connectivity index (χ1n) is 8.77. The number of rotatable bonds is 14. The minimum absolute atomic E-state index is 0.0677. The molecule has 0 aliphatic carbocycles. The maximum atomic E-state index is 10.9. The van der Waals surface area contributed by atoms with Crippen LogP contribution >= 0.6 is 0 Å². The number of hydrogen-bond donors (Lipinski definition) is 0. The molecule has 2 heteroatoms. The van der Waals surface area contributed by atoms with E-state index >= 15 is 0 Å². The summed E-state index contributed by atoms with van der Waals surface area (Å²) in [4.78, 5) is 10.9. The Labute approximate surface area is 126 Å². The summed E-state index contributed by atoms with van der Waals surface area (Å²) in [5, 5.41) is 0. The van der Waals surface area contributed by atoms with Gasteiger partial charge >= 0.3 is 5.97 Å². The standard InChI is InChI=1S/C18H36O2/c1-4-5-6-11-14-17(2)15-12-9-7-8-10-13-16-18(19)20-3/h17H,4-16H2,1-3H3/t17-/m0/s1. The largest absolute Gasteiger partial charge is 0.469 e. The topological polar surface area (TPSA) is 26.3 Å². The van der Waals surface area contributed by atoms with Crippen LogP contribution in [0.25, 0.3) is 0 Å². The minimum Gasteiger partial charge on any atom is -0.469 e. The highest BCUT2D eigenvalue weighted by molar-refractivity contribution is 5.68. The predicted octanol–water partition coefficient (Wildman–Crippen LogP) is 5.89. The van der Waals surface area contributed by atoms with Crippen LogP contribution in [0, 0.1) is 5.92 Å². The molecule has 0 saturated carbocycles. The molecule has 0 N–H and O–H groups in total. The van der Waals surface area contributed by atoms with Gasteiger partial charge in [-0.1, -0.05) is 84.5 Å². The van der Waals surface area contributed by atoms with Crippen molar-refractivity contribution in [2.75, 3.05) is 7.11 Å². The Kier molecular flexibility index (Phi) is 14.5. The van der Waals surface area contributed by atoms with Crippen LogP contribution in [-0.4, -0.2) is 13.1 Å². The molecule has 0 radical (unpaired) electrons. The van der Waals surface area contributed by atoms with E-state index in [9.17, 15) is 4.79 Å². The SMILES string of the molecule is CCCCCC[C@H](C)CCCCCCCCC(=O)OC. The maximum Gasteiger partial charge on any atom is 0.305 e. The molecule has 0 bridgehead atoms. The number of esters is 1. The van der Waals surface area contributed by atoms with Crippen LogP contribution in [0.15, 0.2) is 0 Å². The van der Waals surface area contributed by atoms with Gasteiger partial charge < -0.3 is 4.74 Å². The number of carbonyl (C=O) groups is 1. The van der Waals surface area contributed by atoms with E-state index < -0.39 is 0 Å². The molecular formula is C18H36O2. The lowest BCUT2D eigenvalue weighted by Crippen LogP contribution is -1.99. The molecule has 120 valence electrons. The number of carbonyl (C=O) groups excluding carboxylic acids is 1. The fraction of sp³-hybridized carbons (Fsp3) is 0.944. The van der Waals surface area contributed by atoms with Crippen molar-refractivity contribution in [3.63, 3.8) is 0 Å². The van der Waals surface area contributed by atoms with Crippen molar-refractivity contribution < 1.29 is 9.53 Å². The second kappa shape index (κ2) is 14.9. The molecule has 2 nitrogen and oxygen atoms in total. The minimum atomic E-state index is -0.0677. The summed E-state index contributed by atoms with van der Waals surface area (Å²) in [5.74, 6) is 0.841. The van der Waals surface area contributed by atoms with Gasteiger partial charge in [-0.3, -0.25) is 4.79 Å². The zero-order chi connectivity index (χ0) is 15.1. The van der Waals surface area contributed by atoms with E-state index in [0.717, 1.165) is 12.3 Å². The van der Waals surface area contributed by atoms with Gasteiger partial charge in [-0.2, -0.15) is 0 Å². The van der Waals surface area contributed by atoms with Gasteiger partial charge in [-0.05, 0) is 12.3 Å². The van der Waals surface area contributed by atoms with Crippen LogP contribution in [-0.2, 0) is 9.53 Å². The van der Waals surface area contributed by atoms with Crippen LogP contribution in [0.5, 0.6) is 0 Å². The Balaban J connectivity index is 3.17. The highest BCUT2D eigenvalue weighted by Gasteiger charge is 2.02. The van der Waals surface area contributed by atoms with Gasteiger partial charge in [0, 0.05) is 6.42 Å². The van der Waals surface area contributed by atoms with Gasteiger partial charge in [0.1, 0.15) is 0 Å². The lowest BCUT2D eigenvalue weighted by Gasteiger charge is -2.10. The van der Waals surface area contributed by atoms with Gasteiger partial charge in [0.05, 0.1) is 7.11 Å². The first-order chi connectivity index (χ1) is 9.70. The molecule has 0 saturated heterocycles. The van der Waals surface area contributed by atoms with E-state index in [2.05, 4.69) is 18.6 Å². The van der Waals surface area contributed by atoms with E-state index in [4.69, 9.17) is 0 Å². The zero-order valence-corrected chi connectivity index (χ0v) is 14.1. The lowest BCUT2D eigenvalue weighted by atomic mass is 9.96. The third kappa shape index (κ3) is 13.9. The summed E-state index contributed by atoms with van der Waals surface area (Å²) >= 11 is 0. The molecular weight excluding hydrogens is 248 g/mol. The van der Waals surface area contributed by atoms with E-state index in [0.29, 0.717) is 6.42 Å². The van der Waals surface area contributed by atoms with Crippen LogP contribution in [0.1, 0.15) is 97.3 Å². The van der Waals surface area contributed by atoms with Crippen LogP contribution in [0.2, 0.25) is 0 Å². The van der Waals surface area contributed by atoms with E-state index in [-0.39, 0.29) is 5.97 Å². The van der Waals surface area contributed by atoms with Crippen LogP contribution in [0.4, 0.5) is 0 Å². The normalized spacial score (nSPS) is 12.3. The monoisotopic (exact) mass is 284 g/mol. The molecule has 0 spiro atoms. The molecule has 20 heavy (non-hydrogen) atoms. The molecule has 0 aliphatic rings. The highest BCUT2D eigenvalue weighted by atomic mass is 16.5. The van der Waals surface area contributed by atoms with Crippen molar-refractivity contribution >= 4 is 5.97 Å². The number of ether oxygens (including phenoxy) is 1. The fourth-order valence-electron chi connectivity index (χ4n) is 2.64. The molecule has 0 aromatic rings. The molecule has 0 aromatic heterocycles. The molecule has 0 aromatic carbocycles. The van der Waals surface area contributed by atoms with Gasteiger partial charge in [0.25, 0.3) is 0 Å². The van der Waals surface area contributed by atoms with Crippen LogP contribution < -0.4 is 0 Å². The van der Waals surface area contributed by atoms with E-state index in [1.54, 1.807) is 0 Å². The molecule has 0 rings (SSSR count). The molecule has 1 atom stereocenters. The summed E-state index contributed by atoms with van der Waals surface area (Å²) in [6.07, 6.45) is 16.5. The van der Waals surface area contributed by atoms with Gasteiger partial charge in [-0.15, -0.1) is 0 Å². The average molecular weight is 284 g/mol. The van der Waals surface area contributed by atoms with Crippen molar-refractivity contribution in [3.8, 4) is 0 Å². The highest BCUT2D eigenvalue weighted by Crippen LogP contribution is 2.18. The first kappa shape index (κ1) is 19.5.